The molecule has 13 nitrogen and oxygen atoms in total. The molecule has 1 aromatic rings. The van der Waals surface area contributed by atoms with Crippen molar-refractivity contribution in [3.8, 4) is 0 Å². The first-order valence-corrected chi connectivity index (χ1v) is 20.1. The van der Waals surface area contributed by atoms with Gasteiger partial charge in [0.1, 0.15) is 6.04 Å². The van der Waals surface area contributed by atoms with Crippen molar-refractivity contribution in [3.63, 3.8) is 0 Å². The van der Waals surface area contributed by atoms with E-state index in [9.17, 15) is 29.1 Å². The van der Waals surface area contributed by atoms with Gasteiger partial charge in [0.05, 0.1) is 49.2 Å². The second kappa shape index (κ2) is 27.1. The molecule has 8 unspecified atom stereocenters. The zero-order valence-corrected chi connectivity index (χ0v) is 36.4. The highest BCUT2D eigenvalue weighted by molar-refractivity contribution is 5.88. The van der Waals surface area contributed by atoms with Crippen molar-refractivity contribution in [3.05, 3.63) is 35.9 Å². The molecule has 2 rings (SSSR count). The number of hydrogen-bond acceptors (Lipinski definition) is 8. The highest BCUT2D eigenvalue weighted by Crippen LogP contribution is 2.29. The first-order chi connectivity index (χ1) is 26.0. The molecule has 1 aromatic carbocycles. The van der Waals surface area contributed by atoms with Crippen molar-refractivity contribution >= 4 is 29.6 Å². The third-order valence-electron chi connectivity index (χ3n) is 10.1. The summed E-state index contributed by atoms with van der Waals surface area (Å²) in [6.45, 7) is 18.1. The normalized spacial score (nSPS) is 17.6. The summed E-state index contributed by atoms with van der Waals surface area (Å²) >= 11 is 0. The fourth-order valence-electron chi connectivity index (χ4n) is 7.20. The van der Waals surface area contributed by atoms with E-state index in [1.54, 1.807) is 23.8 Å². The molecule has 1 aliphatic rings. The molecule has 55 heavy (non-hydrogen) atoms. The predicted molar refractivity (Wildman–Crippen MR) is 218 cm³/mol. The number of likely N-dealkylation sites (N-methyl/N-ethyl adjacent to an activating group) is 2. The molecule has 0 aliphatic carbocycles. The van der Waals surface area contributed by atoms with Crippen LogP contribution in [-0.2, 0) is 39.9 Å². The zero-order valence-electron chi connectivity index (χ0n) is 36.4. The maximum absolute atomic E-state index is 14.0. The van der Waals surface area contributed by atoms with Gasteiger partial charge in [0.15, 0.2) is 0 Å². The molecule has 13 heteroatoms. The molecular formula is C42H75N5O8. The number of nitrogens with one attached hydrogen (secondary N) is 2. The minimum Gasteiger partial charge on any atom is -0.480 e. The Labute approximate surface area is 332 Å². The lowest BCUT2D eigenvalue weighted by atomic mass is 9.90. The van der Waals surface area contributed by atoms with Crippen LogP contribution >= 0.6 is 0 Å². The van der Waals surface area contributed by atoms with Gasteiger partial charge in [0.2, 0.25) is 23.6 Å². The van der Waals surface area contributed by atoms with Crippen LogP contribution in [0, 0.1) is 17.8 Å². The van der Waals surface area contributed by atoms with Crippen molar-refractivity contribution < 1.29 is 38.6 Å². The van der Waals surface area contributed by atoms with Gasteiger partial charge in [0.25, 0.3) is 0 Å². The second-order valence-corrected chi connectivity index (χ2v) is 14.8. The Kier molecular flexibility index (Phi) is 25.4. The van der Waals surface area contributed by atoms with Gasteiger partial charge in [-0.25, -0.2) is 4.79 Å². The summed E-state index contributed by atoms with van der Waals surface area (Å²) in [4.78, 5) is 70.9. The number of carbonyl (C=O) groups is 5. The molecule has 8 atom stereocenters. The van der Waals surface area contributed by atoms with E-state index in [0.29, 0.717) is 19.4 Å². The van der Waals surface area contributed by atoms with Gasteiger partial charge in [-0.1, -0.05) is 105 Å². The predicted octanol–water partition coefficient (Wildman–Crippen LogP) is 4.86. The van der Waals surface area contributed by atoms with Crippen molar-refractivity contribution in [2.45, 2.75) is 137 Å². The molecule has 4 amide bonds. The van der Waals surface area contributed by atoms with Gasteiger partial charge in [0, 0.05) is 34.2 Å². The molecule has 0 aromatic heterocycles. The SMILES string of the molecule is CC.CCC.CCC(C)C(C(CC(=O)N1CCCC1C(OC)C(C)C(=O)NC(Cc1ccccc1)C(=O)O)OC)N(C)C(=O)CNC(=O)C(C(C)C)N(C)C. The molecule has 1 saturated heterocycles. The number of methoxy groups -OCH3 is 2. The lowest BCUT2D eigenvalue weighted by Gasteiger charge is -2.39. The van der Waals surface area contributed by atoms with Crippen LogP contribution in [0.3, 0.4) is 0 Å². The monoisotopic (exact) mass is 778 g/mol. The van der Waals surface area contributed by atoms with Crippen LogP contribution in [0.15, 0.2) is 30.3 Å². The van der Waals surface area contributed by atoms with Crippen molar-refractivity contribution in [1.29, 1.82) is 0 Å². The van der Waals surface area contributed by atoms with Crippen molar-refractivity contribution in [1.82, 2.24) is 25.3 Å². The summed E-state index contributed by atoms with van der Waals surface area (Å²) in [6, 6.07) is 6.73. The van der Waals surface area contributed by atoms with Crippen LogP contribution in [-0.4, -0.2) is 134 Å². The lowest BCUT2D eigenvalue weighted by Crippen LogP contribution is -2.55. The van der Waals surface area contributed by atoms with E-state index in [-0.39, 0.29) is 55.0 Å². The maximum Gasteiger partial charge on any atom is 0.326 e. The number of amides is 4. The van der Waals surface area contributed by atoms with Crippen LogP contribution in [0.1, 0.15) is 100.0 Å². The van der Waals surface area contributed by atoms with E-state index in [1.165, 1.54) is 20.6 Å². The highest BCUT2D eigenvalue weighted by Gasteiger charge is 2.42. The van der Waals surface area contributed by atoms with E-state index in [2.05, 4.69) is 24.5 Å². The Balaban J connectivity index is 0.00000554. The Morgan fingerprint density at radius 3 is 1.98 bits per heavy atom. The van der Waals surface area contributed by atoms with E-state index in [4.69, 9.17) is 9.47 Å². The fourth-order valence-corrected chi connectivity index (χ4v) is 7.20. The number of hydrogen-bond donors (Lipinski definition) is 3. The van der Waals surface area contributed by atoms with Gasteiger partial charge in [-0.05, 0) is 44.3 Å². The minimum atomic E-state index is -1.14. The average Bonchev–Trinajstić information content (AvgIpc) is 3.64. The number of carboxylic acid groups (broad SMARTS) is 1. The number of rotatable bonds is 20. The number of carbonyl (C=O) groups excluding carboxylic acids is 4. The standard InChI is InChI=1S/C37H61N5O8.C3H8.C2H6/c1-11-24(4)33(41(8)31(44)22-38-36(46)32(23(2)3)40(6)7)29(49-9)21-30(43)42-19-15-18-28(42)34(50-10)25(5)35(45)39-27(37(47)48)20-26-16-13-12-14-17-26;1-3-2;1-2/h12-14,16-17,23-25,27-29,32-34H,11,15,18-22H2,1-10H3,(H,38,46)(H,39,45)(H,47,48);3H2,1-2H3;1-2H3. The molecule has 0 bridgehead atoms. The second-order valence-electron chi connectivity index (χ2n) is 14.8. The summed E-state index contributed by atoms with van der Waals surface area (Å²) in [5.74, 6) is -3.02. The largest absolute Gasteiger partial charge is 0.480 e. The summed E-state index contributed by atoms with van der Waals surface area (Å²) in [5, 5.41) is 15.3. The van der Waals surface area contributed by atoms with Crippen molar-refractivity contribution in [2.75, 3.05) is 48.5 Å². The third-order valence-corrected chi connectivity index (χ3v) is 10.1. The van der Waals surface area contributed by atoms with Crippen LogP contribution < -0.4 is 10.6 Å². The minimum absolute atomic E-state index is 0.00276. The highest BCUT2D eigenvalue weighted by atomic mass is 16.5. The number of nitrogens with zero attached hydrogens (tertiary/aromatic N) is 3. The van der Waals surface area contributed by atoms with E-state index in [0.717, 1.165) is 12.0 Å². The Bertz CT molecular complexity index is 1270. The Morgan fingerprint density at radius 2 is 1.51 bits per heavy atom. The topological polar surface area (TPSA) is 158 Å². The molecule has 3 N–H and O–H groups in total. The number of aliphatic carboxylic acids is 1. The zero-order chi connectivity index (χ0) is 42.4. The molecule has 0 radical (unpaired) electrons. The fraction of sp³-hybridized carbons (Fsp3) is 0.738. The summed E-state index contributed by atoms with van der Waals surface area (Å²) in [7, 11) is 8.35. The lowest BCUT2D eigenvalue weighted by molar-refractivity contribution is -0.147. The molecular weight excluding hydrogens is 702 g/mol. The maximum atomic E-state index is 14.0. The number of carboxylic acids is 1. The smallest absolute Gasteiger partial charge is 0.326 e. The molecule has 1 fully saturated rings. The van der Waals surface area contributed by atoms with Crippen LogP contribution in [0.5, 0.6) is 0 Å². The first-order valence-electron chi connectivity index (χ1n) is 20.1. The average molecular weight is 778 g/mol. The molecule has 0 spiro atoms. The van der Waals surface area contributed by atoms with Crippen molar-refractivity contribution in [2.24, 2.45) is 17.8 Å². The summed E-state index contributed by atoms with van der Waals surface area (Å²) < 4.78 is 11.7. The van der Waals surface area contributed by atoms with E-state index in [1.807, 2.05) is 90.9 Å². The molecule has 1 aliphatic heterocycles. The molecule has 316 valence electrons. The van der Waals surface area contributed by atoms with Gasteiger partial charge in [-0.3, -0.25) is 24.1 Å². The molecule has 1 heterocycles. The van der Waals surface area contributed by atoms with Gasteiger partial charge in [-0.15, -0.1) is 0 Å². The third kappa shape index (κ3) is 16.2. The summed E-state index contributed by atoms with van der Waals surface area (Å²) in [5.41, 5.74) is 0.785. The first kappa shape index (κ1) is 51.5. The van der Waals surface area contributed by atoms with Crippen LogP contribution in [0.2, 0.25) is 0 Å². The summed E-state index contributed by atoms with van der Waals surface area (Å²) in [6.07, 6.45) is 2.12. The van der Waals surface area contributed by atoms with Gasteiger partial charge >= 0.3 is 5.97 Å². The van der Waals surface area contributed by atoms with E-state index >= 15 is 0 Å². The van der Waals surface area contributed by atoms with E-state index < -0.39 is 48.1 Å². The Hall–Kier alpha value is -3.55. The van der Waals surface area contributed by atoms with Crippen LogP contribution in [0.25, 0.3) is 0 Å². The quantitative estimate of drug-likeness (QED) is 0.168. The number of ether oxygens (including phenoxy) is 2. The number of likely N-dealkylation sites (tertiary alicyclic amines) is 1. The Morgan fingerprint density at radius 1 is 0.927 bits per heavy atom. The van der Waals surface area contributed by atoms with Crippen LogP contribution in [0.4, 0.5) is 0 Å². The van der Waals surface area contributed by atoms with Gasteiger partial charge < -0.3 is 35.0 Å². The molecule has 0 saturated carbocycles. The van der Waals surface area contributed by atoms with Gasteiger partial charge in [-0.2, -0.15) is 0 Å². The number of benzene rings is 1.